The molecule has 0 saturated carbocycles. The summed E-state index contributed by atoms with van der Waals surface area (Å²) in [5, 5.41) is 9.73. The Labute approximate surface area is 111 Å². The van der Waals surface area contributed by atoms with Crippen LogP contribution in [0.15, 0.2) is 59.6 Å². The Kier molecular flexibility index (Phi) is 4.34. The normalized spacial score (nSPS) is 11.3. The highest BCUT2D eigenvalue weighted by molar-refractivity contribution is 6.31. The van der Waals surface area contributed by atoms with Crippen LogP contribution >= 0.6 is 11.6 Å². The number of rotatable bonds is 3. The summed E-state index contributed by atoms with van der Waals surface area (Å²) in [6.07, 6.45) is 0. The molecule has 2 rings (SSSR count). The smallest absolute Gasteiger partial charge is 0.152 e. The Morgan fingerprint density at radius 2 is 1.89 bits per heavy atom. The van der Waals surface area contributed by atoms with Gasteiger partial charge in [0, 0.05) is 10.6 Å². The van der Waals surface area contributed by atoms with Crippen LogP contribution in [0.1, 0.15) is 11.1 Å². The van der Waals surface area contributed by atoms with Crippen molar-refractivity contribution in [1.29, 1.82) is 0 Å². The van der Waals surface area contributed by atoms with Gasteiger partial charge in [0.1, 0.15) is 0 Å². The molecule has 0 amide bonds. The van der Waals surface area contributed by atoms with E-state index in [9.17, 15) is 0 Å². The number of amidine groups is 1. The molecule has 0 fully saturated rings. The molecule has 18 heavy (non-hydrogen) atoms. The molecule has 0 spiro atoms. The summed E-state index contributed by atoms with van der Waals surface area (Å²) in [6, 6.07) is 17.0. The average Bonchev–Trinajstić information content (AvgIpc) is 2.41. The van der Waals surface area contributed by atoms with Gasteiger partial charge < -0.3 is 0 Å². The van der Waals surface area contributed by atoms with E-state index < -0.39 is 0 Å². The second kappa shape index (κ2) is 6.19. The van der Waals surface area contributed by atoms with E-state index in [1.165, 1.54) is 0 Å². The van der Waals surface area contributed by atoms with E-state index in [1.807, 2.05) is 42.5 Å². The summed E-state index contributed by atoms with van der Waals surface area (Å²) in [5.41, 5.74) is 3.93. The Hall–Kier alpha value is -1.84. The van der Waals surface area contributed by atoms with E-state index in [-0.39, 0.29) is 0 Å². The predicted molar refractivity (Wildman–Crippen MR) is 73.1 cm³/mol. The fraction of sp³-hybridized carbons (Fsp3) is 0.0714. The first-order chi connectivity index (χ1) is 8.79. The molecule has 92 valence electrons. The van der Waals surface area contributed by atoms with Gasteiger partial charge in [-0.3, -0.25) is 15.7 Å². The topological polar surface area (TPSA) is 44.6 Å². The number of nitrogens with one attached hydrogen (secondary N) is 1. The van der Waals surface area contributed by atoms with Crippen LogP contribution in [0.25, 0.3) is 0 Å². The average molecular weight is 261 g/mol. The number of aliphatic imine (C=N–C) groups is 1. The first kappa shape index (κ1) is 12.6. The van der Waals surface area contributed by atoms with Crippen molar-refractivity contribution in [2.24, 2.45) is 4.99 Å². The van der Waals surface area contributed by atoms with E-state index in [1.54, 1.807) is 12.1 Å². The Morgan fingerprint density at radius 1 is 1.11 bits per heavy atom. The van der Waals surface area contributed by atoms with Crippen LogP contribution in [0.5, 0.6) is 0 Å². The SMILES string of the molecule is ONC(=NCc1ccccc1)c1cccc(Cl)c1. The zero-order chi connectivity index (χ0) is 12.8. The van der Waals surface area contributed by atoms with Crippen molar-refractivity contribution in [2.75, 3.05) is 0 Å². The van der Waals surface area contributed by atoms with Crippen molar-refractivity contribution in [3.8, 4) is 0 Å². The Morgan fingerprint density at radius 3 is 2.56 bits per heavy atom. The molecule has 0 aliphatic rings. The van der Waals surface area contributed by atoms with Crippen molar-refractivity contribution in [3.63, 3.8) is 0 Å². The van der Waals surface area contributed by atoms with Crippen molar-refractivity contribution in [2.45, 2.75) is 6.54 Å². The maximum atomic E-state index is 9.12. The highest BCUT2D eigenvalue weighted by atomic mass is 35.5. The van der Waals surface area contributed by atoms with E-state index in [2.05, 4.69) is 10.5 Å². The van der Waals surface area contributed by atoms with Crippen LogP contribution < -0.4 is 5.48 Å². The van der Waals surface area contributed by atoms with Gasteiger partial charge in [0.15, 0.2) is 5.84 Å². The molecule has 0 heterocycles. The highest BCUT2D eigenvalue weighted by Crippen LogP contribution is 2.11. The second-order valence-corrected chi connectivity index (χ2v) is 4.21. The molecule has 3 nitrogen and oxygen atoms in total. The highest BCUT2D eigenvalue weighted by Gasteiger charge is 2.02. The van der Waals surface area contributed by atoms with Crippen molar-refractivity contribution in [3.05, 3.63) is 70.7 Å². The molecule has 0 atom stereocenters. The van der Waals surface area contributed by atoms with Crippen molar-refractivity contribution >= 4 is 17.4 Å². The minimum absolute atomic E-state index is 0.404. The standard InChI is InChI=1S/C14H13ClN2O/c15-13-8-4-7-12(9-13)14(17-18)16-10-11-5-2-1-3-6-11/h1-9,18H,10H2,(H,16,17). The molecule has 2 aromatic carbocycles. The summed E-state index contributed by atoms with van der Waals surface area (Å²) in [7, 11) is 0. The molecule has 0 bridgehead atoms. The molecule has 0 aliphatic heterocycles. The number of benzene rings is 2. The number of hydroxylamine groups is 1. The molecule has 2 aromatic rings. The van der Waals surface area contributed by atoms with Crippen LogP contribution in [0, 0.1) is 0 Å². The molecule has 2 N–H and O–H groups in total. The first-order valence-electron chi connectivity index (χ1n) is 5.54. The largest absolute Gasteiger partial charge is 0.290 e. The van der Waals surface area contributed by atoms with E-state index >= 15 is 0 Å². The van der Waals surface area contributed by atoms with Crippen LogP contribution in [-0.4, -0.2) is 11.0 Å². The summed E-state index contributed by atoms with van der Waals surface area (Å²) in [6.45, 7) is 0.496. The van der Waals surface area contributed by atoms with Crippen LogP contribution in [0.4, 0.5) is 0 Å². The third kappa shape index (κ3) is 3.32. The molecule has 0 aliphatic carbocycles. The lowest BCUT2D eigenvalue weighted by molar-refractivity contribution is 0.234. The second-order valence-electron chi connectivity index (χ2n) is 3.77. The lowest BCUT2D eigenvalue weighted by Crippen LogP contribution is -2.20. The number of hydrogen-bond acceptors (Lipinski definition) is 2. The van der Waals surface area contributed by atoms with Gasteiger partial charge in [0.05, 0.1) is 6.54 Å². The fourth-order valence-electron chi connectivity index (χ4n) is 1.58. The van der Waals surface area contributed by atoms with Gasteiger partial charge in [-0.2, -0.15) is 0 Å². The monoisotopic (exact) mass is 260 g/mol. The van der Waals surface area contributed by atoms with E-state index in [0.717, 1.165) is 11.1 Å². The fourth-order valence-corrected chi connectivity index (χ4v) is 1.77. The summed E-state index contributed by atoms with van der Waals surface area (Å²) in [5.74, 6) is 0.404. The van der Waals surface area contributed by atoms with Crippen LogP contribution in [-0.2, 0) is 6.54 Å². The lowest BCUT2D eigenvalue weighted by Gasteiger charge is -2.05. The number of hydrogen-bond donors (Lipinski definition) is 2. The van der Waals surface area contributed by atoms with Gasteiger partial charge in [0.25, 0.3) is 0 Å². The lowest BCUT2D eigenvalue weighted by atomic mass is 10.2. The molecule has 0 unspecified atom stereocenters. The maximum Gasteiger partial charge on any atom is 0.152 e. The van der Waals surface area contributed by atoms with Crippen molar-refractivity contribution < 1.29 is 5.21 Å². The predicted octanol–water partition coefficient (Wildman–Crippen LogP) is 3.27. The summed E-state index contributed by atoms with van der Waals surface area (Å²) in [4.78, 5) is 4.32. The van der Waals surface area contributed by atoms with Gasteiger partial charge in [0.2, 0.25) is 0 Å². The molecule has 0 saturated heterocycles. The summed E-state index contributed by atoms with van der Waals surface area (Å²) < 4.78 is 0. The van der Waals surface area contributed by atoms with Gasteiger partial charge >= 0.3 is 0 Å². The zero-order valence-electron chi connectivity index (χ0n) is 9.68. The molecule has 0 aromatic heterocycles. The van der Waals surface area contributed by atoms with Gasteiger partial charge in [-0.1, -0.05) is 54.1 Å². The Bertz CT molecular complexity index is 541. The third-order valence-electron chi connectivity index (χ3n) is 2.47. The van der Waals surface area contributed by atoms with Crippen molar-refractivity contribution in [1.82, 2.24) is 5.48 Å². The quantitative estimate of drug-likeness (QED) is 0.505. The van der Waals surface area contributed by atoms with E-state index in [0.29, 0.717) is 17.4 Å². The van der Waals surface area contributed by atoms with Gasteiger partial charge in [-0.05, 0) is 17.7 Å². The Balaban J connectivity index is 2.18. The van der Waals surface area contributed by atoms with Crippen LogP contribution in [0.2, 0.25) is 5.02 Å². The van der Waals surface area contributed by atoms with E-state index in [4.69, 9.17) is 16.8 Å². The molecular weight excluding hydrogens is 248 g/mol. The minimum Gasteiger partial charge on any atom is -0.290 e. The minimum atomic E-state index is 0.404. The summed E-state index contributed by atoms with van der Waals surface area (Å²) >= 11 is 5.90. The first-order valence-corrected chi connectivity index (χ1v) is 5.92. The van der Waals surface area contributed by atoms with Gasteiger partial charge in [-0.15, -0.1) is 0 Å². The van der Waals surface area contributed by atoms with Gasteiger partial charge in [-0.25, -0.2) is 0 Å². The molecule has 4 heteroatoms. The van der Waals surface area contributed by atoms with Crippen LogP contribution in [0.3, 0.4) is 0 Å². The molecular formula is C14H13ClN2O. The zero-order valence-corrected chi connectivity index (χ0v) is 10.4. The molecule has 0 radical (unpaired) electrons. The number of halogens is 1. The third-order valence-corrected chi connectivity index (χ3v) is 2.70. The number of nitrogens with zero attached hydrogens (tertiary/aromatic N) is 1. The maximum absolute atomic E-state index is 9.12.